The fraction of sp³-hybridized carbons (Fsp3) is 0.500. The summed E-state index contributed by atoms with van der Waals surface area (Å²) in [5.41, 5.74) is 8.03. The Balaban J connectivity index is 2.17. The number of ether oxygens (including phenoxy) is 1. The van der Waals surface area contributed by atoms with Crippen LogP contribution >= 0.6 is 0 Å². The predicted octanol–water partition coefficient (Wildman–Crippen LogP) is 2.14. The van der Waals surface area contributed by atoms with Crippen LogP contribution in [0.15, 0.2) is 18.2 Å². The third-order valence-electron chi connectivity index (χ3n) is 4.04. The van der Waals surface area contributed by atoms with E-state index in [4.69, 9.17) is 10.5 Å². The van der Waals surface area contributed by atoms with Crippen LogP contribution in [0.5, 0.6) is 0 Å². The van der Waals surface area contributed by atoms with Gasteiger partial charge in [-0.05, 0) is 43.9 Å². The standard InChI is InChI=1S/C16H22N2O3/c1-11-6-7-12(9-14(11)17)16(20)18-8-4-3-5-13(18)10-15(19)21-2/h6-7,9,13H,3-5,8,10,17H2,1-2H3. The van der Waals surface area contributed by atoms with E-state index in [1.165, 1.54) is 7.11 Å². The van der Waals surface area contributed by atoms with Crippen molar-refractivity contribution in [2.24, 2.45) is 0 Å². The zero-order chi connectivity index (χ0) is 15.4. The second-order valence-electron chi connectivity index (χ2n) is 5.50. The van der Waals surface area contributed by atoms with Gasteiger partial charge < -0.3 is 15.4 Å². The predicted molar refractivity (Wildman–Crippen MR) is 80.9 cm³/mol. The lowest BCUT2D eigenvalue weighted by Crippen LogP contribution is -2.44. The highest BCUT2D eigenvalue weighted by Gasteiger charge is 2.29. The molecule has 0 aliphatic carbocycles. The average molecular weight is 290 g/mol. The molecule has 1 aromatic rings. The number of hydrogen-bond donors (Lipinski definition) is 1. The van der Waals surface area contributed by atoms with E-state index in [-0.39, 0.29) is 24.3 Å². The number of anilines is 1. The Bertz CT molecular complexity index is 542. The Morgan fingerprint density at radius 2 is 2.14 bits per heavy atom. The number of nitrogens with two attached hydrogens (primary N) is 1. The number of likely N-dealkylation sites (tertiary alicyclic amines) is 1. The summed E-state index contributed by atoms with van der Waals surface area (Å²) in [4.78, 5) is 25.9. The van der Waals surface area contributed by atoms with Gasteiger partial charge in [0.1, 0.15) is 0 Å². The highest BCUT2D eigenvalue weighted by Crippen LogP contribution is 2.23. The Morgan fingerprint density at radius 1 is 1.38 bits per heavy atom. The Hall–Kier alpha value is -2.04. The lowest BCUT2D eigenvalue weighted by Gasteiger charge is -2.35. The summed E-state index contributed by atoms with van der Waals surface area (Å²) in [5, 5.41) is 0. The van der Waals surface area contributed by atoms with Crippen LogP contribution in [-0.2, 0) is 9.53 Å². The largest absolute Gasteiger partial charge is 0.469 e. The van der Waals surface area contributed by atoms with Crippen LogP contribution in [0, 0.1) is 6.92 Å². The van der Waals surface area contributed by atoms with E-state index in [0.717, 1.165) is 24.8 Å². The molecule has 5 nitrogen and oxygen atoms in total. The molecule has 21 heavy (non-hydrogen) atoms. The number of piperidine rings is 1. The molecule has 1 aliphatic rings. The molecule has 0 bridgehead atoms. The first-order chi connectivity index (χ1) is 10.0. The number of hydrogen-bond acceptors (Lipinski definition) is 4. The van der Waals surface area contributed by atoms with Crippen molar-refractivity contribution < 1.29 is 14.3 Å². The van der Waals surface area contributed by atoms with Gasteiger partial charge in [0.25, 0.3) is 5.91 Å². The number of amides is 1. The lowest BCUT2D eigenvalue weighted by molar-refractivity contribution is -0.142. The molecule has 0 aromatic heterocycles. The van der Waals surface area contributed by atoms with E-state index in [2.05, 4.69) is 0 Å². The van der Waals surface area contributed by atoms with E-state index in [0.29, 0.717) is 17.8 Å². The zero-order valence-electron chi connectivity index (χ0n) is 12.6. The van der Waals surface area contributed by atoms with Crippen molar-refractivity contribution in [1.29, 1.82) is 0 Å². The first-order valence-corrected chi connectivity index (χ1v) is 7.27. The van der Waals surface area contributed by atoms with Crippen molar-refractivity contribution in [1.82, 2.24) is 4.90 Å². The number of nitrogen functional groups attached to an aromatic ring is 1. The second kappa shape index (κ2) is 6.61. The van der Waals surface area contributed by atoms with Gasteiger partial charge in [-0.1, -0.05) is 6.07 Å². The summed E-state index contributed by atoms with van der Waals surface area (Å²) >= 11 is 0. The highest BCUT2D eigenvalue weighted by atomic mass is 16.5. The Morgan fingerprint density at radius 3 is 2.81 bits per heavy atom. The first-order valence-electron chi connectivity index (χ1n) is 7.27. The molecular weight excluding hydrogens is 268 g/mol. The molecule has 114 valence electrons. The fourth-order valence-electron chi connectivity index (χ4n) is 2.70. The molecular formula is C16H22N2O3. The molecule has 1 heterocycles. The van der Waals surface area contributed by atoms with Crippen LogP contribution in [0.4, 0.5) is 5.69 Å². The molecule has 2 rings (SSSR count). The molecule has 1 aromatic carbocycles. The Labute approximate surface area is 125 Å². The van der Waals surface area contributed by atoms with Gasteiger partial charge in [-0.15, -0.1) is 0 Å². The van der Waals surface area contributed by atoms with Crippen LogP contribution in [0.3, 0.4) is 0 Å². The van der Waals surface area contributed by atoms with Crippen molar-refractivity contribution in [2.45, 2.75) is 38.6 Å². The number of benzene rings is 1. The quantitative estimate of drug-likeness (QED) is 0.683. The van der Waals surface area contributed by atoms with Gasteiger partial charge in [0.05, 0.1) is 13.5 Å². The van der Waals surface area contributed by atoms with Crippen molar-refractivity contribution >= 4 is 17.6 Å². The number of nitrogens with zero attached hydrogens (tertiary/aromatic N) is 1. The van der Waals surface area contributed by atoms with Crippen molar-refractivity contribution in [3.05, 3.63) is 29.3 Å². The maximum atomic E-state index is 12.7. The molecule has 1 unspecified atom stereocenters. The fourth-order valence-corrected chi connectivity index (χ4v) is 2.70. The minimum absolute atomic E-state index is 0.0599. The molecule has 5 heteroatoms. The summed E-state index contributed by atoms with van der Waals surface area (Å²) in [6.07, 6.45) is 3.08. The van der Waals surface area contributed by atoms with E-state index in [1.807, 2.05) is 13.0 Å². The molecule has 0 radical (unpaired) electrons. The smallest absolute Gasteiger partial charge is 0.307 e. The number of carbonyl (C=O) groups excluding carboxylic acids is 2. The summed E-state index contributed by atoms with van der Waals surface area (Å²) in [6, 6.07) is 5.27. The van der Waals surface area contributed by atoms with Crippen LogP contribution in [0.25, 0.3) is 0 Å². The average Bonchev–Trinajstić information content (AvgIpc) is 2.49. The summed E-state index contributed by atoms with van der Waals surface area (Å²) < 4.78 is 4.72. The van der Waals surface area contributed by atoms with E-state index in [1.54, 1.807) is 17.0 Å². The van der Waals surface area contributed by atoms with Crippen molar-refractivity contribution in [2.75, 3.05) is 19.4 Å². The van der Waals surface area contributed by atoms with Gasteiger partial charge in [0.15, 0.2) is 0 Å². The maximum Gasteiger partial charge on any atom is 0.307 e. The highest BCUT2D eigenvalue weighted by molar-refractivity contribution is 5.95. The summed E-state index contributed by atoms with van der Waals surface area (Å²) in [7, 11) is 1.37. The molecule has 2 N–H and O–H groups in total. The van der Waals surface area contributed by atoms with Crippen molar-refractivity contribution in [3.63, 3.8) is 0 Å². The number of aryl methyl sites for hydroxylation is 1. The topological polar surface area (TPSA) is 72.6 Å². The molecule has 1 aliphatic heterocycles. The molecule has 0 saturated carbocycles. The van der Waals surface area contributed by atoms with Gasteiger partial charge in [0, 0.05) is 23.8 Å². The normalized spacial score (nSPS) is 18.4. The Kier molecular flexibility index (Phi) is 4.83. The lowest BCUT2D eigenvalue weighted by atomic mass is 9.98. The van der Waals surface area contributed by atoms with Gasteiger partial charge in [-0.3, -0.25) is 9.59 Å². The zero-order valence-corrected chi connectivity index (χ0v) is 12.6. The number of esters is 1. The van der Waals surface area contributed by atoms with Gasteiger partial charge in [-0.25, -0.2) is 0 Å². The third-order valence-corrected chi connectivity index (χ3v) is 4.04. The minimum atomic E-state index is -0.275. The number of methoxy groups -OCH3 is 1. The molecule has 1 amide bonds. The number of rotatable bonds is 3. The van der Waals surface area contributed by atoms with Crippen LogP contribution in [0.2, 0.25) is 0 Å². The van der Waals surface area contributed by atoms with Crippen LogP contribution < -0.4 is 5.73 Å². The van der Waals surface area contributed by atoms with Crippen LogP contribution in [0.1, 0.15) is 41.6 Å². The first kappa shape index (κ1) is 15.4. The van der Waals surface area contributed by atoms with E-state index >= 15 is 0 Å². The molecule has 0 spiro atoms. The minimum Gasteiger partial charge on any atom is -0.469 e. The van der Waals surface area contributed by atoms with Gasteiger partial charge >= 0.3 is 5.97 Å². The summed E-state index contributed by atoms with van der Waals surface area (Å²) in [6.45, 7) is 2.58. The van der Waals surface area contributed by atoms with Crippen molar-refractivity contribution in [3.8, 4) is 0 Å². The summed E-state index contributed by atoms with van der Waals surface area (Å²) in [5.74, 6) is -0.335. The van der Waals surface area contributed by atoms with E-state index in [9.17, 15) is 9.59 Å². The second-order valence-corrected chi connectivity index (χ2v) is 5.50. The molecule has 1 fully saturated rings. The van der Waals surface area contributed by atoms with Crippen LogP contribution in [-0.4, -0.2) is 36.5 Å². The van der Waals surface area contributed by atoms with Gasteiger partial charge in [0.2, 0.25) is 0 Å². The monoisotopic (exact) mass is 290 g/mol. The molecule has 1 saturated heterocycles. The molecule has 1 atom stereocenters. The third kappa shape index (κ3) is 3.54. The van der Waals surface area contributed by atoms with Gasteiger partial charge in [-0.2, -0.15) is 0 Å². The SMILES string of the molecule is COC(=O)CC1CCCCN1C(=O)c1ccc(C)c(N)c1. The maximum absolute atomic E-state index is 12.7. The number of carbonyl (C=O) groups is 2. The van der Waals surface area contributed by atoms with E-state index < -0.39 is 0 Å².